The standard InChI is InChI=1S/C18H23N5OS/c1-4-9-23-14-8-6-5-7-13(14)16-17(23)20-18(22-21-16)25-11-15(24)19-10-12(2)3/h5-8,12H,4,9-11H2,1-3H3,(H,19,24). The van der Waals surface area contributed by atoms with Gasteiger partial charge in [0, 0.05) is 18.5 Å². The van der Waals surface area contributed by atoms with Crippen LogP contribution in [0, 0.1) is 5.92 Å². The number of carbonyl (C=O) groups is 1. The van der Waals surface area contributed by atoms with Crippen LogP contribution >= 0.6 is 11.8 Å². The maximum absolute atomic E-state index is 11.9. The van der Waals surface area contributed by atoms with Gasteiger partial charge in [-0.05, 0) is 18.4 Å². The monoisotopic (exact) mass is 357 g/mol. The summed E-state index contributed by atoms with van der Waals surface area (Å²) >= 11 is 1.32. The maximum atomic E-state index is 11.9. The summed E-state index contributed by atoms with van der Waals surface area (Å²) in [7, 11) is 0. The SMILES string of the molecule is CCCn1c2ccccc2c2nnc(SCC(=O)NCC(C)C)nc21. The first-order valence-electron chi connectivity index (χ1n) is 8.61. The lowest BCUT2D eigenvalue weighted by atomic mass is 10.2. The van der Waals surface area contributed by atoms with E-state index in [0.717, 1.165) is 35.0 Å². The summed E-state index contributed by atoms with van der Waals surface area (Å²) in [6.07, 6.45) is 1.01. The second-order valence-corrected chi connectivity index (χ2v) is 7.36. The summed E-state index contributed by atoms with van der Waals surface area (Å²) in [6, 6.07) is 8.16. The van der Waals surface area contributed by atoms with Crippen LogP contribution in [0.3, 0.4) is 0 Å². The van der Waals surface area contributed by atoms with Crippen LogP contribution in [0.2, 0.25) is 0 Å². The van der Waals surface area contributed by atoms with E-state index in [1.165, 1.54) is 11.8 Å². The predicted molar refractivity (Wildman–Crippen MR) is 102 cm³/mol. The summed E-state index contributed by atoms with van der Waals surface area (Å²) in [5, 5.41) is 13.1. The van der Waals surface area contributed by atoms with Crippen molar-refractivity contribution in [1.82, 2.24) is 25.1 Å². The number of nitrogens with one attached hydrogen (secondary N) is 1. The van der Waals surface area contributed by atoms with Gasteiger partial charge < -0.3 is 9.88 Å². The largest absolute Gasteiger partial charge is 0.355 e. The molecule has 7 heteroatoms. The van der Waals surface area contributed by atoms with E-state index in [-0.39, 0.29) is 5.91 Å². The van der Waals surface area contributed by atoms with Gasteiger partial charge in [0.1, 0.15) is 5.52 Å². The highest BCUT2D eigenvalue weighted by atomic mass is 32.2. The number of amides is 1. The van der Waals surface area contributed by atoms with Crippen molar-refractivity contribution >= 4 is 39.7 Å². The number of fused-ring (bicyclic) bond motifs is 3. The Bertz CT molecular complexity index is 890. The Morgan fingerprint density at radius 2 is 2.08 bits per heavy atom. The van der Waals surface area contributed by atoms with Gasteiger partial charge in [0.25, 0.3) is 0 Å². The molecule has 2 heterocycles. The Hall–Kier alpha value is -2.15. The molecule has 1 amide bonds. The number of thioether (sulfide) groups is 1. The van der Waals surface area contributed by atoms with Crippen molar-refractivity contribution < 1.29 is 4.79 Å². The summed E-state index contributed by atoms with van der Waals surface area (Å²) in [5.41, 5.74) is 2.78. The summed E-state index contributed by atoms with van der Waals surface area (Å²) in [6.45, 7) is 7.84. The first-order chi connectivity index (χ1) is 12.1. The molecule has 0 aliphatic heterocycles. The fourth-order valence-electron chi connectivity index (χ4n) is 2.70. The maximum Gasteiger partial charge on any atom is 0.230 e. The molecule has 25 heavy (non-hydrogen) atoms. The van der Waals surface area contributed by atoms with Gasteiger partial charge in [0.2, 0.25) is 11.1 Å². The van der Waals surface area contributed by atoms with Crippen LogP contribution in [0.15, 0.2) is 29.4 Å². The smallest absolute Gasteiger partial charge is 0.230 e. The molecule has 1 N–H and O–H groups in total. The number of para-hydroxylation sites is 1. The zero-order valence-corrected chi connectivity index (χ0v) is 15.6. The number of hydrogen-bond acceptors (Lipinski definition) is 5. The molecule has 0 saturated carbocycles. The molecule has 0 radical (unpaired) electrons. The zero-order chi connectivity index (χ0) is 17.8. The average Bonchev–Trinajstić information content (AvgIpc) is 2.92. The van der Waals surface area contributed by atoms with Gasteiger partial charge in [-0.2, -0.15) is 0 Å². The molecule has 0 saturated heterocycles. The lowest BCUT2D eigenvalue weighted by molar-refractivity contribution is -0.118. The fourth-order valence-corrected chi connectivity index (χ4v) is 3.31. The van der Waals surface area contributed by atoms with Crippen LogP contribution in [0.25, 0.3) is 22.1 Å². The van der Waals surface area contributed by atoms with E-state index in [1.54, 1.807) is 0 Å². The van der Waals surface area contributed by atoms with E-state index < -0.39 is 0 Å². The quantitative estimate of drug-likeness (QED) is 0.657. The van der Waals surface area contributed by atoms with Crippen molar-refractivity contribution in [3.05, 3.63) is 24.3 Å². The molecule has 0 spiro atoms. The van der Waals surface area contributed by atoms with Crippen LogP contribution in [-0.2, 0) is 11.3 Å². The zero-order valence-electron chi connectivity index (χ0n) is 14.8. The van der Waals surface area contributed by atoms with Crippen molar-refractivity contribution in [1.29, 1.82) is 0 Å². The third-order valence-electron chi connectivity index (χ3n) is 3.84. The van der Waals surface area contributed by atoms with Crippen molar-refractivity contribution in [3.63, 3.8) is 0 Å². The molecule has 0 fully saturated rings. The molecule has 0 bridgehead atoms. The highest BCUT2D eigenvalue weighted by Crippen LogP contribution is 2.27. The van der Waals surface area contributed by atoms with E-state index >= 15 is 0 Å². The number of nitrogens with zero attached hydrogens (tertiary/aromatic N) is 4. The molecule has 6 nitrogen and oxygen atoms in total. The van der Waals surface area contributed by atoms with Gasteiger partial charge in [-0.3, -0.25) is 4.79 Å². The van der Waals surface area contributed by atoms with E-state index in [0.29, 0.717) is 23.4 Å². The van der Waals surface area contributed by atoms with Gasteiger partial charge in [0.05, 0.1) is 11.3 Å². The van der Waals surface area contributed by atoms with E-state index in [2.05, 4.69) is 51.9 Å². The Morgan fingerprint density at radius 1 is 1.28 bits per heavy atom. The Balaban J connectivity index is 1.85. The minimum Gasteiger partial charge on any atom is -0.355 e. The minimum atomic E-state index is -0.00324. The molecule has 132 valence electrons. The van der Waals surface area contributed by atoms with Gasteiger partial charge in [-0.25, -0.2) is 4.98 Å². The van der Waals surface area contributed by atoms with Crippen molar-refractivity contribution in [2.75, 3.05) is 12.3 Å². The molecule has 0 aliphatic rings. The molecule has 0 atom stereocenters. The molecule has 0 unspecified atom stereocenters. The first-order valence-corrected chi connectivity index (χ1v) is 9.59. The third kappa shape index (κ3) is 3.92. The topological polar surface area (TPSA) is 72.7 Å². The Labute approximate surface area is 151 Å². The van der Waals surface area contributed by atoms with E-state index in [1.807, 2.05) is 18.2 Å². The highest BCUT2D eigenvalue weighted by Gasteiger charge is 2.14. The van der Waals surface area contributed by atoms with E-state index in [9.17, 15) is 4.79 Å². The summed E-state index contributed by atoms with van der Waals surface area (Å²) in [5.74, 6) is 0.734. The van der Waals surface area contributed by atoms with Crippen LogP contribution in [0.5, 0.6) is 0 Å². The van der Waals surface area contributed by atoms with Crippen LogP contribution in [0.1, 0.15) is 27.2 Å². The number of aryl methyl sites for hydroxylation is 1. The number of carbonyl (C=O) groups excluding carboxylic acids is 1. The molecular weight excluding hydrogens is 334 g/mol. The predicted octanol–water partition coefficient (Wildman–Crippen LogP) is 3.25. The second kappa shape index (κ2) is 7.82. The third-order valence-corrected chi connectivity index (χ3v) is 4.68. The van der Waals surface area contributed by atoms with Crippen molar-refractivity contribution in [2.45, 2.75) is 38.9 Å². The average molecular weight is 357 g/mol. The number of hydrogen-bond donors (Lipinski definition) is 1. The van der Waals surface area contributed by atoms with Crippen molar-refractivity contribution in [3.8, 4) is 0 Å². The minimum absolute atomic E-state index is 0.00324. The number of rotatable bonds is 7. The second-order valence-electron chi connectivity index (χ2n) is 6.42. The lowest BCUT2D eigenvalue weighted by Crippen LogP contribution is -2.28. The lowest BCUT2D eigenvalue weighted by Gasteiger charge is -2.07. The van der Waals surface area contributed by atoms with Crippen LogP contribution in [-0.4, -0.2) is 38.0 Å². The normalized spacial score (nSPS) is 11.5. The van der Waals surface area contributed by atoms with Gasteiger partial charge in [-0.15, -0.1) is 10.2 Å². The fraction of sp³-hybridized carbons (Fsp3) is 0.444. The number of aromatic nitrogens is 4. The Morgan fingerprint density at radius 3 is 2.84 bits per heavy atom. The number of benzene rings is 1. The van der Waals surface area contributed by atoms with Gasteiger partial charge in [0.15, 0.2) is 5.65 Å². The van der Waals surface area contributed by atoms with Crippen LogP contribution in [0.4, 0.5) is 0 Å². The molecule has 0 aliphatic carbocycles. The van der Waals surface area contributed by atoms with Gasteiger partial charge in [-0.1, -0.05) is 50.7 Å². The Kier molecular flexibility index (Phi) is 5.53. The van der Waals surface area contributed by atoms with Crippen LogP contribution < -0.4 is 5.32 Å². The molecule has 3 aromatic rings. The van der Waals surface area contributed by atoms with Gasteiger partial charge >= 0.3 is 0 Å². The highest BCUT2D eigenvalue weighted by molar-refractivity contribution is 7.99. The first kappa shape index (κ1) is 17.7. The summed E-state index contributed by atoms with van der Waals surface area (Å²) < 4.78 is 2.18. The molecule has 3 rings (SSSR count). The molecule has 1 aromatic carbocycles. The molecular formula is C18H23N5OS. The van der Waals surface area contributed by atoms with Crippen molar-refractivity contribution in [2.24, 2.45) is 5.92 Å². The van der Waals surface area contributed by atoms with E-state index in [4.69, 9.17) is 0 Å². The molecule has 2 aromatic heterocycles. The summed E-state index contributed by atoms with van der Waals surface area (Å²) in [4.78, 5) is 16.6.